The Morgan fingerprint density at radius 1 is 1.07 bits per heavy atom. The van der Waals surface area contributed by atoms with E-state index in [1.807, 2.05) is 72.8 Å². The first-order chi connectivity index (χ1) is 13.0. The van der Waals surface area contributed by atoms with Gasteiger partial charge in [-0.3, -0.25) is 15.0 Å². The van der Waals surface area contributed by atoms with Crippen LogP contribution >= 0.6 is 15.9 Å². The maximum Gasteiger partial charge on any atom is 0.303 e. The second-order valence-electron chi connectivity index (χ2n) is 6.12. The number of hydrogen-bond acceptors (Lipinski definition) is 3. The van der Waals surface area contributed by atoms with E-state index in [1.54, 1.807) is 0 Å². The zero-order valence-electron chi connectivity index (χ0n) is 14.5. The number of amides is 1. The minimum Gasteiger partial charge on any atom is -0.481 e. The smallest absolute Gasteiger partial charge is 0.303 e. The highest BCUT2D eigenvalue weighted by molar-refractivity contribution is 9.10. The number of benzene rings is 2. The van der Waals surface area contributed by atoms with Gasteiger partial charge in [0.15, 0.2) is 0 Å². The molecule has 0 fully saturated rings. The number of carboxylic acids is 1. The predicted molar refractivity (Wildman–Crippen MR) is 108 cm³/mol. The summed E-state index contributed by atoms with van der Waals surface area (Å²) < 4.78 is 0.972. The number of carbonyl (C=O) groups excluding carboxylic acids is 1. The van der Waals surface area contributed by atoms with E-state index in [1.165, 1.54) is 5.01 Å². The predicted octanol–water partition coefficient (Wildman–Crippen LogP) is 4.08. The Bertz CT molecular complexity index is 876. The summed E-state index contributed by atoms with van der Waals surface area (Å²) in [6.45, 7) is 0. The summed E-state index contributed by atoms with van der Waals surface area (Å²) in [4.78, 5) is 23.3. The molecule has 0 bridgehead atoms. The van der Waals surface area contributed by atoms with Crippen molar-refractivity contribution in [1.29, 1.82) is 0 Å². The lowest BCUT2D eigenvalue weighted by molar-refractivity contribution is -0.141. The molecule has 27 heavy (non-hydrogen) atoms. The van der Waals surface area contributed by atoms with Crippen LogP contribution in [0.1, 0.15) is 24.0 Å². The van der Waals surface area contributed by atoms with E-state index in [2.05, 4.69) is 21.4 Å². The SMILES string of the molecule is O=C(O)CCC(=O)N1NC(c2ccc(Br)cc2)=C[C@H]1/C=C/c1ccccc1. The molecule has 0 aliphatic carbocycles. The minimum atomic E-state index is -0.986. The van der Waals surface area contributed by atoms with E-state index in [0.29, 0.717) is 0 Å². The largest absolute Gasteiger partial charge is 0.481 e. The van der Waals surface area contributed by atoms with E-state index in [9.17, 15) is 9.59 Å². The molecule has 0 spiro atoms. The van der Waals surface area contributed by atoms with Crippen molar-refractivity contribution >= 4 is 39.6 Å². The topological polar surface area (TPSA) is 69.6 Å². The number of nitrogens with one attached hydrogen (secondary N) is 1. The van der Waals surface area contributed by atoms with Gasteiger partial charge >= 0.3 is 5.97 Å². The fourth-order valence-corrected chi connectivity index (χ4v) is 3.02. The first-order valence-corrected chi connectivity index (χ1v) is 9.34. The lowest BCUT2D eigenvalue weighted by Crippen LogP contribution is -2.42. The lowest BCUT2D eigenvalue weighted by atomic mass is 10.1. The molecule has 5 nitrogen and oxygen atoms in total. The van der Waals surface area contributed by atoms with Gasteiger partial charge in [0.25, 0.3) is 0 Å². The van der Waals surface area contributed by atoms with Gasteiger partial charge in [-0.1, -0.05) is 70.5 Å². The second-order valence-corrected chi connectivity index (χ2v) is 7.03. The molecule has 0 aromatic heterocycles. The second kappa shape index (κ2) is 8.68. The average Bonchev–Trinajstić information content (AvgIpc) is 3.10. The Morgan fingerprint density at radius 3 is 2.44 bits per heavy atom. The van der Waals surface area contributed by atoms with Crippen LogP contribution in [0.15, 0.2) is 71.2 Å². The summed E-state index contributed by atoms with van der Waals surface area (Å²) in [6.07, 6.45) is 5.58. The van der Waals surface area contributed by atoms with Crippen LogP contribution in [-0.4, -0.2) is 28.0 Å². The molecule has 1 aliphatic rings. The van der Waals surface area contributed by atoms with Crippen molar-refractivity contribution in [1.82, 2.24) is 10.4 Å². The molecule has 0 radical (unpaired) electrons. The molecule has 6 heteroatoms. The number of hydrazine groups is 1. The molecule has 2 aromatic rings. The highest BCUT2D eigenvalue weighted by atomic mass is 79.9. The summed E-state index contributed by atoms with van der Waals surface area (Å²) in [6, 6.07) is 17.3. The summed E-state index contributed by atoms with van der Waals surface area (Å²) >= 11 is 3.41. The monoisotopic (exact) mass is 426 g/mol. The number of carboxylic acid groups (broad SMARTS) is 1. The maximum atomic E-state index is 12.5. The van der Waals surface area contributed by atoms with Crippen LogP contribution in [0.25, 0.3) is 11.8 Å². The molecular formula is C21H19BrN2O3. The maximum absolute atomic E-state index is 12.5. The number of halogens is 1. The standard InChI is InChI=1S/C21H19BrN2O3/c22-17-9-7-16(8-10-17)19-14-18(11-6-15-4-2-1-3-5-15)24(23-19)20(25)12-13-21(26)27/h1-11,14,18,23H,12-13H2,(H,26,27)/b11-6+/t18-/m1/s1. The molecule has 1 amide bonds. The van der Waals surface area contributed by atoms with Gasteiger partial charge in [0.1, 0.15) is 0 Å². The minimum absolute atomic E-state index is 0.0561. The van der Waals surface area contributed by atoms with E-state index in [4.69, 9.17) is 5.11 Å². The van der Waals surface area contributed by atoms with Crippen molar-refractivity contribution in [3.63, 3.8) is 0 Å². The van der Waals surface area contributed by atoms with Gasteiger partial charge in [0.05, 0.1) is 18.2 Å². The molecule has 2 N–H and O–H groups in total. The van der Waals surface area contributed by atoms with Gasteiger partial charge in [0.2, 0.25) is 5.91 Å². The van der Waals surface area contributed by atoms with Gasteiger partial charge < -0.3 is 5.11 Å². The number of rotatable bonds is 6. The summed E-state index contributed by atoms with van der Waals surface area (Å²) in [5.74, 6) is -1.25. The quantitative estimate of drug-likeness (QED) is 0.729. The van der Waals surface area contributed by atoms with Gasteiger partial charge in [-0.15, -0.1) is 0 Å². The van der Waals surface area contributed by atoms with Crippen molar-refractivity contribution < 1.29 is 14.7 Å². The lowest BCUT2D eigenvalue weighted by Gasteiger charge is -2.23. The zero-order chi connectivity index (χ0) is 19.2. The van der Waals surface area contributed by atoms with E-state index in [-0.39, 0.29) is 24.8 Å². The van der Waals surface area contributed by atoms with Crippen LogP contribution in [0.5, 0.6) is 0 Å². The summed E-state index contributed by atoms with van der Waals surface area (Å²) in [7, 11) is 0. The fraction of sp³-hybridized carbons (Fsp3) is 0.143. The van der Waals surface area contributed by atoms with E-state index in [0.717, 1.165) is 21.3 Å². The van der Waals surface area contributed by atoms with Gasteiger partial charge in [0, 0.05) is 10.9 Å². The zero-order valence-corrected chi connectivity index (χ0v) is 16.1. The van der Waals surface area contributed by atoms with Crippen LogP contribution < -0.4 is 5.43 Å². The van der Waals surface area contributed by atoms with Crippen molar-refractivity contribution in [2.24, 2.45) is 0 Å². The fourth-order valence-electron chi connectivity index (χ4n) is 2.76. The molecular weight excluding hydrogens is 408 g/mol. The van der Waals surface area contributed by atoms with E-state index < -0.39 is 5.97 Å². The Labute approximate surface area is 166 Å². The van der Waals surface area contributed by atoms with Crippen molar-refractivity contribution in [3.8, 4) is 0 Å². The first kappa shape index (κ1) is 18.9. The molecule has 2 aromatic carbocycles. The molecule has 1 atom stereocenters. The van der Waals surface area contributed by atoms with Crippen LogP contribution in [0, 0.1) is 0 Å². The molecule has 0 saturated heterocycles. The highest BCUT2D eigenvalue weighted by Gasteiger charge is 2.27. The number of hydrogen-bond donors (Lipinski definition) is 2. The molecule has 3 rings (SSSR count). The molecule has 138 valence electrons. The Morgan fingerprint density at radius 2 is 1.78 bits per heavy atom. The molecule has 1 aliphatic heterocycles. The van der Waals surface area contributed by atoms with Gasteiger partial charge in [-0.05, 0) is 29.3 Å². The molecule has 0 unspecified atom stereocenters. The van der Waals surface area contributed by atoms with Crippen LogP contribution in [0.2, 0.25) is 0 Å². The summed E-state index contributed by atoms with van der Waals surface area (Å²) in [5.41, 5.74) is 5.91. The third-order valence-corrected chi connectivity index (χ3v) is 4.67. The van der Waals surface area contributed by atoms with Crippen molar-refractivity contribution in [3.05, 3.63) is 82.3 Å². The van der Waals surface area contributed by atoms with Crippen molar-refractivity contribution in [2.45, 2.75) is 18.9 Å². The number of nitrogens with zero attached hydrogens (tertiary/aromatic N) is 1. The van der Waals surface area contributed by atoms with Crippen LogP contribution in [0.3, 0.4) is 0 Å². The van der Waals surface area contributed by atoms with Crippen molar-refractivity contribution in [2.75, 3.05) is 0 Å². The Balaban J connectivity index is 1.82. The van der Waals surface area contributed by atoms with E-state index >= 15 is 0 Å². The normalized spacial score (nSPS) is 16.3. The highest BCUT2D eigenvalue weighted by Crippen LogP contribution is 2.24. The molecule has 1 heterocycles. The van der Waals surface area contributed by atoms with Crippen LogP contribution in [-0.2, 0) is 9.59 Å². The third kappa shape index (κ3) is 5.08. The van der Waals surface area contributed by atoms with Gasteiger partial charge in [-0.2, -0.15) is 0 Å². The Kier molecular flexibility index (Phi) is 6.08. The summed E-state index contributed by atoms with van der Waals surface area (Å²) in [5, 5.41) is 10.3. The average molecular weight is 427 g/mol. The van der Waals surface area contributed by atoms with Crippen LogP contribution in [0.4, 0.5) is 0 Å². The number of aliphatic carboxylic acids is 1. The first-order valence-electron chi connectivity index (χ1n) is 8.54. The number of carbonyl (C=O) groups is 2. The Hall–Kier alpha value is -2.86. The third-order valence-electron chi connectivity index (χ3n) is 4.14. The van der Waals surface area contributed by atoms with Gasteiger partial charge in [-0.25, -0.2) is 5.01 Å². The molecule has 0 saturated carbocycles.